The lowest BCUT2D eigenvalue weighted by atomic mass is 9.94. The largest absolute Gasteiger partial charge is 0.493 e. The minimum absolute atomic E-state index is 0.0736. The molecule has 0 spiro atoms. The zero-order valence-corrected chi connectivity index (χ0v) is 13.4. The van der Waals surface area contributed by atoms with E-state index < -0.39 is 5.54 Å². The van der Waals surface area contributed by atoms with E-state index >= 15 is 0 Å². The molecule has 0 aromatic heterocycles. The molecule has 2 aromatic carbocycles. The van der Waals surface area contributed by atoms with E-state index in [4.69, 9.17) is 10.5 Å². The minimum atomic E-state index is -0.393. The molecule has 2 aromatic rings. The number of hydrogen-bond donors (Lipinski definition) is 2. The molecule has 23 heavy (non-hydrogen) atoms. The van der Waals surface area contributed by atoms with Crippen molar-refractivity contribution in [3.05, 3.63) is 65.7 Å². The average Bonchev–Trinajstić information content (AvgIpc) is 3.00. The molecule has 0 bridgehead atoms. The van der Waals surface area contributed by atoms with Crippen LogP contribution in [0.3, 0.4) is 0 Å². The zero-order valence-electron chi connectivity index (χ0n) is 13.4. The van der Waals surface area contributed by atoms with Gasteiger partial charge < -0.3 is 15.6 Å². The molecule has 0 aliphatic heterocycles. The molecule has 1 aliphatic rings. The van der Waals surface area contributed by atoms with Crippen molar-refractivity contribution < 1.29 is 9.84 Å². The Morgan fingerprint density at radius 1 is 1.09 bits per heavy atom. The predicted molar refractivity (Wildman–Crippen MR) is 92.7 cm³/mol. The molecule has 0 saturated heterocycles. The first-order chi connectivity index (χ1) is 11.2. The fraction of sp³-hybridized carbons (Fsp3) is 0.400. The van der Waals surface area contributed by atoms with Crippen molar-refractivity contribution in [1.82, 2.24) is 0 Å². The monoisotopic (exact) mass is 311 g/mol. The third-order valence-electron chi connectivity index (χ3n) is 4.81. The maximum atomic E-state index is 9.38. The molecule has 0 radical (unpaired) electrons. The van der Waals surface area contributed by atoms with Gasteiger partial charge in [0.25, 0.3) is 0 Å². The van der Waals surface area contributed by atoms with Gasteiger partial charge in [0.1, 0.15) is 5.75 Å². The second-order valence-electron chi connectivity index (χ2n) is 6.61. The van der Waals surface area contributed by atoms with Crippen LogP contribution in [0.4, 0.5) is 0 Å². The topological polar surface area (TPSA) is 55.5 Å². The van der Waals surface area contributed by atoms with Crippen molar-refractivity contribution in [3.63, 3.8) is 0 Å². The van der Waals surface area contributed by atoms with Crippen LogP contribution < -0.4 is 10.5 Å². The van der Waals surface area contributed by atoms with Gasteiger partial charge in [-0.2, -0.15) is 0 Å². The SMILES string of the molecule is N[C@]1(CO)CC[C@@H](c2ccc(OCCc3ccccc3)cc2)C1. The molecule has 2 atom stereocenters. The first-order valence-corrected chi connectivity index (χ1v) is 8.35. The predicted octanol–water partition coefficient (Wildman–Crippen LogP) is 3.27. The maximum absolute atomic E-state index is 9.38. The summed E-state index contributed by atoms with van der Waals surface area (Å²) in [6, 6.07) is 18.7. The maximum Gasteiger partial charge on any atom is 0.119 e. The Morgan fingerprint density at radius 2 is 1.83 bits per heavy atom. The van der Waals surface area contributed by atoms with Gasteiger partial charge in [0.2, 0.25) is 0 Å². The van der Waals surface area contributed by atoms with Gasteiger partial charge in [0.05, 0.1) is 13.2 Å². The molecule has 0 unspecified atom stereocenters. The van der Waals surface area contributed by atoms with Crippen molar-refractivity contribution in [1.29, 1.82) is 0 Å². The Hall–Kier alpha value is -1.84. The molecular weight excluding hydrogens is 286 g/mol. The molecule has 3 nitrogen and oxygen atoms in total. The summed E-state index contributed by atoms with van der Waals surface area (Å²) in [6.07, 6.45) is 3.71. The molecule has 3 N–H and O–H groups in total. The minimum Gasteiger partial charge on any atom is -0.493 e. The lowest BCUT2D eigenvalue weighted by molar-refractivity contribution is 0.198. The molecule has 1 aliphatic carbocycles. The zero-order chi connectivity index (χ0) is 16.1. The quantitative estimate of drug-likeness (QED) is 0.861. The Morgan fingerprint density at radius 3 is 2.48 bits per heavy atom. The van der Waals surface area contributed by atoms with E-state index in [0.29, 0.717) is 12.5 Å². The summed E-state index contributed by atoms with van der Waals surface area (Å²) in [7, 11) is 0. The molecule has 0 amide bonds. The summed E-state index contributed by atoms with van der Waals surface area (Å²) >= 11 is 0. The summed E-state index contributed by atoms with van der Waals surface area (Å²) in [5.41, 5.74) is 8.35. The molecule has 1 saturated carbocycles. The van der Waals surface area contributed by atoms with Crippen molar-refractivity contribution >= 4 is 0 Å². The summed E-state index contributed by atoms with van der Waals surface area (Å²) in [5, 5.41) is 9.38. The van der Waals surface area contributed by atoms with Crippen molar-refractivity contribution in [2.45, 2.75) is 37.1 Å². The van der Waals surface area contributed by atoms with E-state index in [-0.39, 0.29) is 6.61 Å². The van der Waals surface area contributed by atoms with Gasteiger partial charge in [-0.15, -0.1) is 0 Å². The van der Waals surface area contributed by atoms with Crippen LogP contribution in [0.5, 0.6) is 5.75 Å². The van der Waals surface area contributed by atoms with Gasteiger partial charge in [-0.05, 0) is 48.4 Å². The van der Waals surface area contributed by atoms with E-state index in [1.165, 1.54) is 11.1 Å². The molecule has 3 heteroatoms. The molecule has 0 heterocycles. The molecule has 122 valence electrons. The van der Waals surface area contributed by atoms with Crippen molar-refractivity contribution in [3.8, 4) is 5.75 Å². The van der Waals surface area contributed by atoms with Crippen LogP contribution in [0, 0.1) is 0 Å². The van der Waals surface area contributed by atoms with Crippen LogP contribution in [0.1, 0.15) is 36.3 Å². The van der Waals surface area contributed by atoms with E-state index in [0.717, 1.165) is 31.4 Å². The van der Waals surface area contributed by atoms with E-state index in [9.17, 15) is 5.11 Å². The second kappa shape index (κ2) is 7.16. The Bertz CT molecular complexity index is 611. The van der Waals surface area contributed by atoms with Crippen molar-refractivity contribution in [2.75, 3.05) is 13.2 Å². The fourth-order valence-electron chi connectivity index (χ4n) is 3.35. The van der Waals surface area contributed by atoms with E-state index in [2.05, 4.69) is 36.4 Å². The number of aliphatic hydroxyl groups is 1. The normalized spacial score (nSPS) is 23.8. The van der Waals surface area contributed by atoms with Gasteiger partial charge in [-0.25, -0.2) is 0 Å². The summed E-state index contributed by atoms with van der Waals surface area (Å²) in [4.78, 5) is 0. The van der Waals surface area contributed by atoms with Crippen molar-refractivity contribution in [2.24, 2.45) is 5.73 Å². The second-order valence-corrected chi connectivity index (χ2v) is 6.61. The summed E-state index contributed by atoms with van der Waals surface area (Å²) < 4.78 is 5.82. The first-order valence-electron chi connectivity index (χ1n) is 8.35. The standard InChI is InChI=1S/C20H25NO2/c21-20(15-22)12-10-18(14-20)17-6-8-19(9-7-17)23-13-11-16-4-2-1-3-5-16/h1-9,18,22H,10-15,21H2/t18-,20-/m1/s1. The fourth-order valence-corrected chi connectivity index (χ4v) is 3.35. The highest BCUT2D eigenvalue weighted by Crippen LogP contribution is 2.39. The van der Waals surface area contributed by atoms with Crippen LogP contribution in [0.25, 0.3) is 0 Å². The molecular formula is C20H25NO2. The van der Waals surface area contributed by atoms with Crippen LogP contribution in [0.15, 0.2) is 54.6 Å². The number of nitrogens with two attached hydrogens (primary N) is 1. The number of ether oxygens (including phenoxy) is 1. The van der Waals surface area contributed by atoms with E-state index in [1.807, 2.05) is 18.2 Å². The molecule has 3 rings (SSSR count). The Kier molecular flexibility index (Phi) is 4.99. The van der Waals surface area contributed by atoms with Gasteiger partial charge in [-0.3, -0.25) is 0 Å². The van der Waals surface area contributed by atoms with Gasteiger partial charge >= 0.3 is 0 Å². The van der Waals surface area contributed by atoms with Gasteiger partial charge in [0.15, 0.2) is 0 Å². The smallest absolute Gasteiger partial charge is 0.119 e. The van der Waals surface area contributed by atoms with Crippen LogP contribution in [-0.4, -0.2) is 23.9 Å². The highest BCUT2D eigenvalue weighted by atomic mass is 16.5. The van der Waals surface area contributed by atoms with Crippen LogP contribution in [0.2, 0.25) is 0 Å². The average molecular weight is 311 g/mol. The summed E-state index contributed by atoms with van der Waals surface area (Å²) in [6.45, 7) is 0.757. The van der Waals surface area contributed by atoms with Crippen LogP contribution >= 0.6 is 0 Å². The van der Waals surface area contributed by atoms with Gasteiger partial charge in [-0.1, -0.05) is 42.5 Å². The lowest BCUT2D eigenvalue weighted by Gasteiger charge is -2.21. The highest BCUT2D eigenvalue weighted by molar-refractivity contribution is 5.30. The first kappa shape index (κ1) is 16.0. The Labute approximate surface area is 138 Å². The summed E-state index contributed by atoms with van der Waals surface area (Å²) in [5.74, 6) is 1.36. The third kappa shape index (κ3) is 4.12. The number of aliphatic hydroxyl groups excluding tert-OH is 1. The number of hydrogen-bond acceptors (Lipinski definition) is 3. The van der Waals surface area contributed by atoms with Crippen LogP contribution in [-0.2, 0) is 6.42 Å². The lowest BCUT2D eigenvalue weighted by Crippen LogP contribution is -2.40. The van der Waals surface area contributed by atoms with E-state index in [1.54, 1.807) is 0 Å². The number of benzene rings is 2. The Balaban J connectivity index is 1.51. The third-order valence-corrected chi connectivity index (χ3v) is 4.81. The van der Waals surface area contributed by atoms with Gasteiger partial charge in [0, 0.05) is 12.0 Å². The highest BCUT2D eigenvalue weighted by Gasteiger charge is 2.35. The number of rotatable bonds is 6. The molecule has 1 fully saturated rings.